The smallest absolute Gasteiger partial charge is 0.167 e. The van der Waals surface area contributed by atoms with Gasteiger partial charge in [-0.2, -0.15) is 5.10 Å². The van der Waals surface area contributed by atoms with Crippen LogP contribution in [0.3, 0.4) is 0 Å². The summed E-state index contributed by atoms with van der Waals surface area (Å²) < 4.78 is 32.8. The summed E-state index contributed by atoms with van der Waals surface area (Å²) in [5.74, 6) is -1.07. The van der Waals surface area contributed by atoms with Gasteiger partial charge in [-0.05, 0) is 0 Å². The van der Waals surface area contributed by atoms with E-state index in [1.54, 1.807) is 4.90 Å². The lowest BCUT2D eigenvalue weighted by atomic mass is 9.91. The number of hydrogen-bond donors (Lipinski definition) is 1. The Morgan fingerprint density at radius 3 is 2.76 bits per heavy atom. The summed E-state index contributed by atoms with van der Waals surface area (Å²) in [6.07, 6.45) is 2.92. The lowest BCUT2D eigenvalue weighted by molar-refractivity contribution is 0.109. The van der Waals surface area contributed by atoms with E-state index < -0.39 is 11.6 Å². The van der Waals surface area contributed by atoms with E-state index in [1.165, 1.54) is 0 Å². The van der Waals surface area contributed by atoms with Crippen molar-refractivity contribution in [2.75, 3.05) is 24.6 Å². The average Bonchev–Trinajstić information content (AvgIpc) is 2.84. The Hall–Kier alpha value is -2.02. The van der Waals surface area contributed by atoms with Crippen molar-refractivity contribution in [3.8, 4) is 0 Å². The Balaban J connectivity index is 1.54. The summed E-state index contributed by atoms with van der Waals surface area (Å²) in [7, 11) is 0. The van der Waals surface area contributed by atoms with E-state index in [0.717, 1.165) is 35.8 Å². The Morgan fingerprint density at radius 2 is 2.00 bits per heavy atom. The average molecular weight is 292 g/mol. The van der Waals surface area contributed by atoms with E-state index in [4.69, 9.17) is 4.74 Å². The van der Waals surface area contributed by atoms with E-state index in [9.17, 15) is 8.78 Å². The molecule has 21 heavy (non-hydrogen) atoms. The first-order valence-corrected chi connectivity index (χ1v) is 6.91. The summed E-state index contributed by atoms with van der Waals surface area (Å²) >= 11 is 0. The molecule has 2 aromatic rings. The number of hydrogen-bond acceptors (Lipinski definition) is 4. The van der Waals surface area contributed by atoms with Gasteiger partial charge in [0, 0.05) is 36.7 Å². The predicted molar refractivity (Wildman–Crippen MR) is 71.1 cm³/mol. The molecule has 1 fully saturated rings. The molecule has 0 bridgehead atoms. The zero-order valence-electron chi connectivity index (χ0n) is 11.3. The molecule has 4 rings (SSSR count). The second kappa shape index (κ2) is 4.77. The highest BCUT2D eigenvalue weighted by Crippen LogP contribution is 2.36. The van der Waals surface area contributed by atoms with Crippen LogP contribution >= 0.6 is 0 Å². The van der Waals surface area contributed by atoms with Gasteiger partial charge in [0.15, 0.2) is 11.6 Å². The molecule has 4 heterocycles. The maximum Gasteiger partial charge on any atom is 0.167 e. The van der Waals surface area contributed by atoms with Crippen molar-refractivity contribution < 1.29 is 13.5 Å². The van der Waals surface area contributed by atoms with Gasteiger partial charge in [0.25, 0.3) is 0 Å². The van der Waals surface area contributed by atoms with Crippen molar-refractivity contribution >= 4 is 5.69 Å². The molecule has 110 valence electrons. The second-order valence-corrected chi connectivity index (χ2v) is 5.42. The summed E-state index contributed by atoms with van der Waals surface area (Å²) in [6, 6.07) is 0. The first kappa shape index (κ1) is 12.7. The predicted octanol–water partition coefficient (Wildman–Crippen LogP) is 1.76. The molecular weight excluding hydrogens is 278 g/mol. The quantitative estimate of drug-likeness (QED) is 0.916. The Kier molecular flexibility index (Phi) is 2.88. The van der Waals surface area contributed by atoms with Gasteiger partial charge in [-0.1, -0.05) is 0 Å². The molecule has 5 nitrogen and oxygen atoms in total. The molecule has 2 aliphatic rings. The van der Waals surface area contributed by atoms with E-state index >= 15 is 0 Å². The van der Waals surface area contributed by atoms with E-state index in [0.29, 0.717) is 26.3 Å². The number of nitrogens with zero attached hydrogens (tertiary/aromatic N) is 3. The van der Waals surface area contributed by atoms with Gasteiger partial charge in [0.05, 0.1) is 31.3 Å². The van der Waals surface area contributed by atoms with Crippen molar-refractivity contribution in [3.05, 3.63) is 41.0 Å². The Labute approximate surface area is 119 Å². The number of rotatable bonds is 2. The van der Waals surface area contributed by atoms with Crippen LogP contribution in [-0.2, 0) is 17.8 Å². The van der Waals surface area contributed by atoms with E-state index in [2.05, 4.69) is 15.2 Å². The zero-order valence-corrected chi connectivity index (χ0v) is 11.3. The summed E-state index contributed by atoms with van der Waals surface area (Å²) in [5, 5.41) is 7.41. The number of halogens is 2. The van der Waals surface area contributed by atoms with Gasteiger partial charge in [0.1, 0.15) is 5.69 Å². The number of H-pyrrole nitrogens is 1. The van der Waals surface area contributed by atoms with Crippen LogP contribution in [-0.4, -0.2) is 34.9 Å². The molecule has 0 aromatic carbocycles. The summed E-state index contributed by atoms with van der Waals surface area (Å²) in [5.41, 5.74) is 3.20. The van der Waals surface area contributed by atoms with Crippen LogP contribution in [0.25, 0.3) is 0 Å². The van der Waals surface area contributed by atoms with E-state index in [-0.39, 0.29) is 11.6 Å². The number of aromatic nitrogens is 3. The topological polar surface area (TPSA) is 54.0 Å². The summed E-state index contributed by atoms with van der Waals surface area (Å²) in [6.45, 7) is 2.37. The van der Waals surface area contributed by atoms with Crippen LogP contribution in [0.5, 0.6) is 0 Å². The number of pyridine rings is 1. The van der Waals surface area contributed by atoms with Crippen molar-refractivity contribution in [3.63, 3.8) is 0 Å². The molecule has 0 spiro atoms. The van der Waals surface area contributed by atoms with Crippen LogP contribution in [0, 0.1) is 11.6 Å². The highest BCUT2D eigenvalue weighted by Gasteiger charge is 2.35. The third kappa shape index (κ3) is 1.99. The van der Waals surface area contributed by atoms with Gasteiger partial charge >= 0.3 is 0 Å². The molecule has 7 heteroatoms. The van der Waals surface area contributed by atoms with Crippen LogP contribution in [0.2, 0.25) is 0 Å². The third-order valence-corrected chi connectivity index (χ3v) is 4.14. The van der Waals surface area contributed by atoms with Crippen LogP contribution in [0.15, 0.2) is 12.4 Å². The molecule has 0 unspecified atom stereocenters. The fourth-order valence-corrected chi connectivity index (χ4v) is 3.01. The molecule has 0 aliphatic carbocycles. The minimum absolute atomic E-state index is 0.00176. The monoisotopic (exact) mass is 292 g/mol. The molecular formula is C14H14F2N4O. The van der Waals surface area contributed by atoms with Gasteiger partial charge < -0.3 is 9.64 Å². The Bertz CT molecular complexity index is 661. The number of ether oxygens (including phenoxy) is 1. The second-order valence-electron chi connectivity index (χ2n) is 5.42. The van der Waals surface area contributed by atoms with Crippen LogP contribution in [0.4, 0.5) is 14.5 Å². The molecule has 0 amide bonds. The zero-order chi connectivity index (χ0) is 14.4. The summed E-state index contributed by atoms with van der Waals surface area (Å²) in [4.78, 5) is 5.18. The highest BCUT2D eigenvalue weighted by molar-refractivity contribution is 5.52. The highest BCUT2D eigenvalue weighted by atomic mass is 19.1. The molecule has 1 N–H and O–H groups in total. The number of nitrogens with one attached hydrogen (secondary N) is 1. The van der Waals surface area contributed by atoms with Gasteiger partial charge in [-0.3, -0.25) is 10.1 Å². The normalized spacial score (nSPS) is 18.5. The number of fused-ring (bicyclic) bond motifs is 1. The molecule has 0 saturated carbocycles. The lowest BCUT2D eigenvalue weighted by Gasteiger charge is -2.40. The number of aromatic amines is 1. The van der Waals surface area contributed by atoms with Gasteiger partial charge in [-0.25, -0.2) is 8.78 Å². The SMILES string of the molecule is Fc1cncc(F)c1N1CC(c2n[nH]c3c2COCC3)C1. The first-order chi connectivity index (χ1) is 10.2. The molecule has 0 radical (unpaired) electrons. The van der Waals surface area contributed by atoms with Crippen molar-refractivity contribution in [2.24, 2.45) is 0 Å². The van der Waals surface area contributed by atoms with Crippen LogP contribution in [0.1, 0.15) is 22.9 Å². The van der Waals surface area contributed by atoms with Crippen molar-refractivity contribution in [2.45, 2.75) is 18.9 Å². The fourth-order valence-electron chi connectivity index (χ4n) is 3.01. The fraction of sp³-hybridized carbons (Fsp3) is 0.429. The van der Waals surface area contributed by atoms with Gasteiger partial charge in [-0.15, -0.1) is 0 Å². The van der Waals surface area contributed by atoms with E-state index in [1.807, 2.05) is 0 Å². The maximum atomic E-state index is 13.7. The minimum atomic E-state index is -0.624. The number of anilines is 1. The largest absolute Gasteiger partial charge is 0.376 e. The van der Waals surface area contributed by atoms with Crippen molar-refractivity contribution in [1.82, 2.24) is 15.2 Å². The third-order valence-electron chi connectivity index (χ3n) is 4.14. The molecule has 1 saturated heterocycles. The first-order valence-electron chi connectivity index (χ1n) is 6.91. The molecule has 0 atom stereocenters. The molecule has 2 aromatic heterocycles. The standard InChI is InChI=1S/C14H14F2N4O/c15-10-3-17-4-11(16)14(10)20-5-8(6-20)13-9-7-21-2-1-12(9)18-19-13/h3-4,8H,1-2,5-7H2,(H,18,19). The maximum absolute atomic E-state index is 13.7. The Morgan fingerprint density at radius 1 is 1.24 bits per heavy atom. The minimum Gasteiger partial charge on any atom is -0.376 e. The lowest BCUT2D eigenvalue weighted by Crippen LogP contribution is -2.46. The van der Waals surface area contributed by atoms with Crippen molar-refractivity contribution in [1.29, 1.82) is 0 Å². The van der Waals surface area contributed by atoms with Crippen LogP contribution < -0.4 is 4.90 Å². The van der Waals surface area contributed by atoms with Gasteiger partial charge in [0.2, 0.25) is 0 Å². The molecule has 2 aliphatic heterocycles.